The standard InChI is InChI=1S/C14H19N3S/c1-8(2)12-7-13(15-5)17-14(16-12)11-6-9(3)18-10(11)4/h6-8H,1-5H3,(H,15,16,17). The van der Waals surface area contributed by atoms with Gasteiger partial charge in [0.25, 0.3) is 0 Å². The summed E-state index contributed by atoms with van der Waals surface area (Å²) in [6.45, 7) is 8.54. The average Bonchev–Trinajstić information content (AvgIpc) is 2.67. The summed E-state index contributed by atoms with van der Waals surface area (Å²) in [6.07, 6.45) is 0. The highest BCUT2D eigenvalue weighted by Gasteiger charge is 2.12. The fourth-order valence-corrected chi connectivity index (χ4v) is 2.78. The summed E-state index contributed by atoms with van der Waals surface area (Å²) in [5, 5.41) is 3.11. The van der Waals surface area contributed by atoms with Gasteiger partial charge in [-0.05, 0) is 25.8 Å². The number of aromatic nitrogens is 2. The minimum Gasteiger partial charge on any atom is -0.373 e. The van der Waals surface area contributed by atoms with E-state index in [1.807, 2.05) is 13.1 Å². The highest BCUT2D eigenvalue weighted by atomic mass is 32.1. The molecule has 0 fully saturated rings. The van der Waals surface area contributed by atoms with Gasteiger partial charge in [-0.1, -0.05) is 13.8 Å². The first-order chi connectivity index (χ1) is 8.51. The zero-order chi connectivity index (χ0) is 13.3. The van der Waals surface area contributed by atoms with Crippen LogP contribution in [-0.4, -0.2) is 17.0 Å². The molecule has 0 saturated heterocycles. The van der Waals surface area contributed by atoms with E-state index in [0.717, 1.165) is 22.9 Å². The van der Waals surface area contributed by atoms with Crippen molar-refractivity contribution in [3.05, 3.63) is 27.6 Å². The van der Waals surface area contributed by atoms with Crippen LogP contribution in [0.25, 0.3) is 11.4 Å². The molecule has 0 radical (unpaired) electrons. The highest BCUT2D eigenvalue weighted by Crippen LogP contribution is 2.30. The Labute approximate surface area is 112 Å². The molecule has 0 atom stereocenters. The monoisotopic (exact) mass is 261 g/mol. The van der Waals surface area contributed by atoms with Crippen molar-refractivity contribution in [1.29, 1.82) is 0 Å². The number of thiophene rings is 1. The second-order valence-electron chi connectivity index (χ2n) is 4.73. The molecule has 3 nitrogen and oxygen atoms in total. The molecule has 0 aliphatic heterocycles. The SMILES string of the molecule is CNc1cc(C(C)C)nc(-c2cc(C)sc2C)n1. The lowest BCUT2D eigenvalue weighted by atomic mass is 10.1. The van der Waals surface area contributed by atoms with Crippen LogP contribution in [0.3, 0.4) is 0 Å². The second-order valence-corrected chi connectivity index (χ2v) is 6.19. The zero-order valence-electron chi connectivity index (χ0n) is 11.5. The molecule has 0 spiro atoms. The molecule has 1 N–H and O–H groups in total. The number of nitrogens with one attached hydrogen (secondary N) is 1. The minimum atomic E-state index is 0.402. The van der Waals surface area contributed by atoms with Crippen molar-refractivity contribution in [2.24, 2.45) is 0 Å². The normalized spacial score (nSPS) is 11.0. The maximum atomic E-state index is 4.68. The van der Waals surface area contributed by atoms with Gasteiger partial charge in [0.1, 0.15) is 5.82 Å². The number of hydrogen-bond acceptors (Lipinski definition) is 4. The van der Waals surface area contributed by atoms with Crippen molar-refractivity contribution in [2.45, 2.75) is 33.6 Å². The first kappa shape index (κ1) is 13.0. The summed E-state index contributed by atoms with van der Waals surface area (Å²) in [6, 6.07) is 4.18. The first-order valence-electron chi connectivity index (χ1n) is 6.15. The molecule has 2 heterocycles. The summed E-state index contributed by atoms with van der Waals surface area (Å²) >= 11 is 1.79. The van der Waals surface area contributed by atoms with Gasteiger partial charge in [0.05, 0.1) is 0 Å². The number of anilines is 1. The third kappa shape index (κ3) is 2.53. The van der Waals surface area contributed by atoms with Crippen LogP contribution in [0.4, 0.5) is 5.82 Å². The zero-order valence-corrected chi connectivity index (χ0v) is 12.4. The van der Waals surface area contributed by atoms with E-state index >= 15 is 0 Å². The molecule has 4 heteroatoms. The largest absolute Gasteiger partial charge is 0.373 e. The van der Waals surface area contributed by atoms with E-state index in [2.05, 4.69) is 49.0 Å². The van der Waals surface area contributed by atoms with Crippen molar-refractivity contribution >= 4 is 17.2 Å². The van der Waals surface area contributed by atoms with E-state index in [-0.39, 0.29) is 0 Å². The van der Waals surface area contributed by atoms with Crippen LogP contribution in [-0.2, 0) is 0 Å². The van der Waals surface area contributed by atoms with Gasteiger partial charge in [-0.3, -0.25) is 0 Å². The van der Waals surface area contributed by atoms with Gasteiger partial charge in [0.2, 0.25) is 0 Å². The smallest absolute Gasteiger partial charge is 0.162 e. The third-order valence-electron chi connectivity index (χ3n) is 2.88. The van der Waals surface area contributed by atoms with Gasteiger partial charge in [-0.2, -0.15) is 0 Å². The fourth-order valence-electron chi connectivity index (χ4n) is 1.86. The van der Waals surface area contributed by atoms with Crippen molar-refractivity contribution in [3.63, 3.8) is 0 Å². The molecule has 0 unspecified atom stereocenters. The summed E-state index contributed by atoms with van der Waals surface area (Å²) in [7, 11) is 1.89. The van der Waals surface area contributed by atoms with Crippen LogP contribution >= 0.6 is 11.3 Å². The van der Waals surface area contributed by atoms with Gasteiger partial charge < -0.3 is 5.32 Å². The van der Waals surface area contributed by atoms with E-state index in [9.17, 15) is 0 Å². The Bertz CT molecular complexity index is 558. The molecule has 0 bridgehead atoms. The third-order valence-corrected chi connectivity index (χ3v) is 3.84. The van der Waals surface area contributed by atoms with Crippen LogP contribution < -0.4 is 5.32 Å². The first-order valence-corrected chi connectivity index (χ1v) is 6.97. The molecule has 2 aromatic rings. The summed E-state index contributed by atoms with van der Waals surface area (Å²) in [5.74, 6) is 2.11. The summed E-state index contributed by atoms with van der Waals surface area (Å²) in [4.78, 5) is 11.8. The maximum Gasteiger partial charge on any atom is 0.162 e. The van der Waals surface area contributed by atoms with E-state index < -0.39 is 0 Å². The van der Waals surface area contributed by atoms with Gasteiger partial charge in [-0.15, -0.1) is 11.3 Å². The topological polar surface area (TPSA) is 37.8 Å². The van der Waals surface area contributed by atoms with Gasteiger partial charge >= 0.3 is 0 Å². The lowest BCUT2D eigenvalue weighted by Crippen LogP contribution is -2.02. The van der Waals surface area contributed by atoms with E-state index in [4.69, 9.17) is 0 Å². The van der Waals surface area contributed by atoms with Crippen LogP contribution in [0.5, 0.6) is 0 Å². The summed E-state index contributed by atoms with van der Waals surface area (Å²) < 4.78 is 0. The molecule has 0 amide bonds. The fraction of sp³-hybridized carbons (Fsp3) is 0.429. The highest BCUT2D eigenvalue weighted by molar-refractivity contribution is 7.12. The Morgan fingerprint density at radius 2 is 1.89 bits per heavy atom. The lowest BCUT2D eigenvalue weighted by molar-refractivity contribution is 0.817. The predicted molar refractivity (Wildman–Crippen MR) is 78.5 cm³/mol. The van der Waals surface area contributed by atoms with E-state index in [0.29, 0.717) is 5.92 Å². The molecule has 2 rings (SSSR count). The Hall–Kier alpha value is -1.42. The van der Waals surface area contributed by atoms with E-state index in [1.54, 1.807) is 11.3 Å². The quantitative estimate of drug-likeness (QED) is 0.908. The van der Waals surface area contributed by atoms with Gasteiger partial charge in [-0.25, -0.2) is 9.97 Å². The molecule has 0 aromatic carbocycles. The number of aryl methyl sites for hydroxylation is 2. The van der Waals surface area contributed by atoms with Crippen molar-refractivity contribution in [3.8, 4) is 11.4 Å². The Morgan fingerprint density at radius 3 is 2.39 bits per heavy atom. The van der Waals surface area contributed by atoms with Gasteiger partial charge in [0.15, 0.2) is 5.82 Å². The van der Waals surface area contributed by atoms with Crippen molar-refractivity contribution < 1.29 is 0 Å². The van der Waals surface area contributed by atoms with Gasteiger partial charge in [0, 0.05) is 34.1 Å². The number of rotatable bonds is 3. The molecule has 0 aliphatic carbocycles. The Morgan fingerprint density at radius 1 is 1.17 bits per heavy atom. The molecule has 18 heavy (non-hydrogen) atoms. The maximum absolute atomic E-state index is 4.68. The molecular formula is C14H19N3S. The lowest BCUT2D eigenvalue weighted by Gasteiger charge is -2.09. The Kier molecular flexibility index (Phi) is 3.66. The average molecular weight is 261 g/mol. The van der Waals surface area contributed by atoms with Crippen LogP contribution in [0.1, 0.15) is 35.2 Å². The van der Waals surface area contributed by atoms with Crippen molar-refractivity contribution in [2.75, 3.05) is 12.4 Å². The number of hydrogen-bond donors (Lipinski definition) is 1. The molecule has 0 saturated carbocycles. The van der Waals surface area contributed by atoms with Crippen molar-refractivity contribution in [1.82, 2.24) is 9.97 Å². The Balaban J connectivity index is 2.56. The molecule has 96 valence electrons. The molecule has 0 aliphatic rings. The number of nitrogens with zero attached hydrogens (tertiary/aromatic N) is 2. The van der Waals surface area contributed by atoms with Crippen LogP contribution in [0.15, 0.2) is 12.1 Å². The summed E-state index contributed by atoms with van der Waals surface area (Å²) in [5.41, 5.74) is 2.23. The molecular weight excluding hydrogens is 242 g/mol. The van der Waals surface area contributed by atoms with Crippen LogP contribution in [0, 0.1) is 13.8 Å². The second kappa shape index (κ2) is 5.06. The minimum absolute atomic E-state index is 0.402. The van der Waals surface area contributed by atoms with E-state index in [1.165, 1.54) is 9.75 Å². The molecule has 2 aromatic heterocycles. The van der Waals surface area contributed by atoms with Crippen LogP contribution in [0.2, 0.25) is 0 Å². The predicted octanol–water partition coefficient (Wildman–Crippen LogP) is 3.99.